The van der Waals surface area contributed by atoms with E-state index in [9.17, 15) is 4.39 Å². The molecule has 1 aliphatic rings. The third kappa shape index (κ3) is 2.35. The van der Waals surface area contributed by atoms with Gasteiger partial charge < -0.3 is 10.6 Å². The number of para-hydroxylation sites is 1. The summed E-state index contributed by atoms with van der Waals surface area (Å²) in [5, 5.41) is 0. The van der Waals surface area contributed by atoms with E-state index in [1.807, 2.05) is 19.2 Å². The molecule has 2 atom stereocenters. The SMILES string of the molecule is CN1CCCC(C(F)c2ccccc2N)C1. The zero-order chi connectivity index (χ0) is 11.5. The van der Waals surface area contributed by atoms with Crippen molar-refractivity contribution in [2.75, 3.05) is 25.9 Å². The van der Waals surface area contributed by atoms with Gasteiger partial charge in [0.15, 0.2) is 0 Å². The average molecular weight is 222 g/mol. The van der Waals surface area contributed by atoms with Crippen LogP contribution >= 0.6 is 0 Å². The molecule has 0 radical (unpaired) electrons. The first-order valence-corrected chi connectivity index (χ1v) is 5.85. The summed E-state index contributed by atoms with van der Waals surface area (Å²) < 4.78 is 14.3. The van der Waals surface area contributed by atoms with E-state index in [1.54, 1.807) is 12.1 Å². The molecule has 1 saturated heterocycles. The highest BCUT2D eigenvalue weighted by Gasteiger charge is 2.27. The fourth-order valence-electron chi connectivity index (χ4n) is 2.46. The monoisotopic (exact) mass is 222 g/mol. The van der Waals surface area contributed by atoms with Crippen LogP contribution in [0.25, 0.3) is 0 Å². The van der Waals surface area contributed by atoms with E-state index in [0.29, 0.717) is 11.3 Å². The summed E-state index contributed by atoms with van der Waals surface area (Å²) in [7, 11) is 2.05. The van der Waals surface area contributed by atoms with Gasteiger partial charge in [-0.2, -0.15) is 0 Å². The Balaban J connectivity index is 2.12. The predicted octanol–water partition coefficient (Wildman–Crippen LogP) is 2.62. The maximum atomic E-state index is 14.3. The van der Waals surface area contributed by atoms with Crippen molar-refractivity contribution in [1.82, 2.24) is 4.90 Å². The number of benzene rings is 1. The van der Waals surface area contributed by atoms with E-state index in [4.69, 9.17) is 5.73 Å². The highest BCUT2D eigenvalue weighted by atomic mass is 19.1. The van der Waals surface area contributed by atoms with E-state index >= 15 is 0 Å². The predicted molar refractivity (Wildman–Crippen MR) is 64.9 cm³/mol. The Morgan fingerprint density at radius 1 is 1.44 bits per heavy atom. The smallest absolute Gasteiger partial charge is 0.131 e. The van der Waals surface area contributed by atoms with Gasteiger partial charge in [-0.25, -0.2) is 4.39 Å². The largest absolute Gasteiger partial charge is 0.398 e. The summed E-state index contributed by atoms with van der Waals surface area (Å²) in [5.74, 6) is 0.0865. The summed E-state index contributed by atoms with van der Waals surface area (Å²) in [6, 6.07) is 7.27. The molecular formula is C13H19FN2. The number of nitrogen functional groups attached to an aromatic ring is 1. The Bertz CT molecular complexity index is 354. The molecule has 0 bridgehead atoms. The molecule has 16 heavy (non-hydrogen) atoms. The molecule has 3 heteroatoms. The van der Waals surface area contributed by atoms with E-state index < -0.39 is 6.17 Å². The number of piperidine rings is 1. The molecule has 0 amide bonds. The number of nitrogens with zero attached hydrogens (tertiary/aromatic N) is 1. The number of anilines is 1. The van der Waals surface area contributed by atoms with Gasteiger partial charge >= 0.3 is 0 Å². The summed E-state index contributed by atoms with van der Waals surface area (Å²) in [4.78, 5) is 2.19. The van der Waals surface area contributed by atoms with Gasteiger partial charge in [0.1, 0.15) is 6.17 Å². The molecule has 2 nitrogen and oxygen atoms in total. The number of hydrogen-bond acceptors (Lipinski definition) is 2. The minimum atomic E-state index is -0.927. The van der Waals surface area contributed by atoms with Crippen molar-refractivity contribution >= 4 is 5.69 Å². The molecule has 88 valence electrons. The second kappa shape index (κ2) is 4.83. The molecule has 0 spiro atoms. The fraction of sp³-hybridized carbons (Fsp3) is 0.538. The van der Waals surface area contributed by atoms with Crippen molar-refractivity contribution < 1.29 is 4.39 Å². The normalized spacial score (nSPS) is 24.2. The van der Waals surface area contributed by atoms with Crippen LogP contribution in [-0.4, -0.2) is 25.0 Å². The molecular weight excluding hydrogens is 203 g/mol. The Morgan fingerprint density at radius 3 is 2.88 bits per heavy atom. The van der Waals surface area contributed by atoms with Crippen LogP contribution in [-0.2, 0) is 0 Å². The molecule has 0 aromatic heterocycles. The first-order chi connectivity index (χ1) is 7.68. The second-order valence-electron chi connectivity index (χ2n) is 4.70. The molecule has 1 aromatic rings. The Hall–Kier alpha value is -1.09. The standard InChI is InChI=1S/C13H19FN2/c1-16-8-4-5-10(9-16)13(14)11-6-2-3-7-12(11)15/h2-3,6-7,10,13H,4-5,8-9,15H2,1H3. The topological polar surface area (TPSA) is 29.3 Å². The molecule has 2 unspecified atom stereocenters. The van der Waals surface area contributed by atoms with Crippen LogP contribution in [0.4, 0.5) is 10.1 Å². The number of alkyl halides is 1. The number of hydrogen-bond donors (Lipinski definition) is 1. The third-order valence-corrected chi connectivity index (χ3v) is 3.37. The average Bonchev–Trinajstić information content (AvgIpc) is 2.29. The van der Waals surface area contributed by atoms with Gasteiger partial charge in [0.25, 0.3) is 0 Å². The van der Waals surface area contributed by atoms with Crippen LogP contribution in [0.1, 0.15) is 24.6 Å². The lowest BCUT2D eigenvalue weighted by molar-refractivity contribution is 0.127. The zero-order valence-electron chi connectivity index (χ0n) is 9.70. The lowest BCUT2D eigenvalue weighted by Gasteiger charge is -2.32. The summed E-state index contributed by atoms with van der Waals surface area (Å²) in [6.45, 7) is 1.91. The Morgan fingerprint density at radius 2 is 2.19 bits per heavy atom. The van der Waals surface area contributed by atoms with Gasteiger partial charge in [-0.05, 0) is 32.5 Å². The van der Waals surface area contributed by atoms with Crippen LogP contribution in [0.5, 0.6) is 0 Å². The van der Waals surface area contributed by atoms with E-state index in [-0.39, 0.29) is 5.92 Å². The van der Waals surface area contributed by atoms with Gasteiger partial charge in [0, 0.05) is 23.7 Å². The van der Waals surface area contributed by atoms with E-state index in [2.05, 4.69) is 4.90 Å². The number of halogens is 1. The van der Waals surface area contributed by atoms with Gasteiger partial charge in [-0.3, -0.25) is 0 Å². The zero-order valence-corrected chi connectivity index (χ0v) is 9.70. The number of likely N-dealkylation sites (tertiary alicyclic amines) is 1. The third-order valence-electron chi connectivity index (χ3n) is 3.37. The first-order valence-electron chi connectivity index (χ1n) is 5.85. The molecule has 0 aliphatic carbocycles. The van der Waals surface area contributed by atoms with Crippen LogP contribution in [0.15, 0.2) is 24.3 Å². The molecule has 1 heterocycles. The second-order valence-corrected chi connectivity index (χ2v) is 4.70. The molecule has 1 fully saturated rings. The highest BCUT2D eigenvalue weighted by Crippen LogP contribution is 2.34. The summed E-state index contributed by atoms with van der Waals surface area (Å²) in [5.41, 5.74) is 7.04. The van der Waals surface area contributed by atoms with Crippen molar-refractivity contribution in [3.63, 3.8) is 0 Å². The maximum Gasteiger partial charge on any atom is 0.131 e. The maximum absolute atomic E-state index is 14.3. The number of nitrogens with two attached hydrogens (primary N) is 1. The minimum absolute atomic E-state index is 0.0865. The van der Waals surface area contributed by atoms with Crippen LogP contribution in [0.3, 0.4) is 0 Å². The van der Waals surface area contributed by atoms with Crippen molar-refractivity contribution in [3.8, 4) is 0 Å². The Labute approximate surface area is 96.2 Å². The molecule has 1 aromatic carbocycles. The van der Waals surface area contributed by atoms with Gasteiger partial charge in [0.2, 0.25) is 0 Å². The molecule has 1 aliphatic heterocycles. The van der Waals surface area contributed by atoms with E-state index in [0.717, 1.165) is 25.9 Å². The summed E-state index contributed by atoms with van der Waals surface area (Å²) in [6.07, 6.45) is 1.11. The van der Waals surface area contributed by atoms with E-state index in [1.165, 1.54) is 0 Å². The minimum Gasteiger partial charge on any atom is -0.398 e. The lowest BCUT2D eigenvalue weighted by atomic mass is 9.89. The van der Waals surface area contributed by atoms with Gasteiger partial charge in [-0.15, -0.1) is 0 Å². The van der Waals surface area contributed by atoms with Gasteiger partial charge in [0.05, 0.1) is 0 Å². The Kier molecular flexibility index (Phi) is 3.44. The molecule has 2 rings (SSSR count). The fourth-order valence-corrected chi connectivity index (χ4v) is 2.46. The lowest BCUT2D eigenvalue weighted by Crippen LogP contribution is -2.34. The summed E-state index contributed by atoms with van der Waals surface area (Å²) >= 11 is 0. The van der Waals surface area contributed by atoms with Crippen molar-refractivity contribution in [1.29, 1.82) is 0 Å². The van der Waals surface area contributed by atoms with Crippen LogP contribution in [0, 0.1) is 5.92 Å². The van der Waals surface area contributed by atoms with Crippen molar-refractivity contribution in [2.24, 2.45) is 5.92 Å². The number of rotatable bonds is 2. The van der Waals surface area contributed by atoms with Crippen molar-refractivity contribution in [3.05, 3.63) is 29.8 Å². The molecule has 2 N–H and O–H groups in total. The molecule has 0 saturated carbocycles. The highest BCUT2D eigenvalue weighted by molar-refractivity contribution is 5.47. The van der Waals surface area contributed by atoms with Crippen LogP contribution in [0.2, 0.25) is 0 Å². The van der Waals surface area contributed by atoms with Gasteiger partial charge in [-0.1, -0.05) is 18.2 Å². The van der Waals surface area contributed by atoms with Crippen molar-refractivity contribution in [2.45, 2.75) is 19.0 Å². The van der Waals surface area contributed by atoms with Crippen LogP contribution < -0.4 is 5.73 Å². The first kappa shape index (κ1) is 11.4. The quantitative estimate of drug-likeness (QED) is 0.779.